The van der Waals surface area contributed by atoms with Gasteiger partial charge in [-0.1, -0.05) is 18.2 Å². The molecule has 100 valence electrons. The molecule has 0 saturated heterocycles. The zero-order chi connectivity index (χ0) is 13.7. The minimum absolute atomic E-state index is 0.0249. The van der Waals surface area contributed by atoms with E-state index in [1.54, 1.807) is 18.2 Å². The van der Waals surface area contributed by atoms with Gasteiger partial charge >= 0.3 is 0 Å². The Morgan fingerprint density at radius 3 is 2.61 bits per heavy atom. The highest BCUT2D eigenvalue weighted by Crippen LogP contribution is 2.23. The highest BCUT2D eigenvalue weighted by atomic mass is 19.1. The van der Waals surface area contributed by atoms with E-state index >= 15 is 0 Å². The van der Waals surface area contributed by atoms with Crippen molar-refractivity contribution in [1.82, 2.24) is 10.3 Å². The Hall–Kier alpha value is -1.46. The van der Waals surface area contributed by atoms with Gasteiger partial charge in [0.05, 0.1) is 0 Å². The lowest BCUT2D eigenvalue weighted by molar-refractivity contribution is -0.122. The van der Waals surface area contributed by atoms with Gasteiger partial charge in [0.15, 0.2) is 0 Å². The summed E-state index contributed by atoms with van der Waals surface area (Å²) in [6.07, 6.45) is 0.284. The smallest absolute Gasteiger partial charge is 0.235 e. The van der Waals surface area contributed by atoms with Gasteiger partial charge in [-0.05, 0) is 27.0 Å². The van der Waals surface area contributed by atoms with E-state index in [-0.39, 0.29) is 30.2 Å². The van der Waals surface area contributed by atoms with Crippen LogP contribution in [-0.2, 0) is 4.79 Å². The molecule has 0 aliphatic carbocycles. The maximum Gasteiger partial charge on any atom is 0.235 e. The van der Waals surface area contributed by atoms with Gasteiger partial charge < -0.3 is 0 Å². The number of benzene rings is 1. The second kappa shape index (κ2) is 6.47. The van der Waals surface area contributed by atoms with Crippen LogP contribution in [0, 0.1) is 5.82 Å². The first-order chi connectivity index (χ1) is 8.47. The van der Waals surface area contributed by atoms with Crippen LogP contribution in [0.1, 0.15) is 31.9 Å². The number of amides is 1. The fourth-order valence-corrected chi connectivity index (χ4v) is 1.89. The molecule has 3 N–H and O–H groups in total. The van der Waals surface area contributed by atoms with E-state index in [2.05, 4.69) is 5.43 Å². The SMILES string of the molecule is CC(CC(=O)NN)N(C)C(C)c1ccccc1F. The molecule has 1 aromatic carbocycles. The van der Waals surface area contributed by atoms with Crippen molar-refractivity contribution in [3.8, 4) is 0 Å². The van der Waals surface area contributed by atoms with Crippen LogP contribution in [0.25, 0.3) is 0 Å². The van der Waals surface area contributed by atoms with Crippen molar-refractivity contribution in [2.45, 2.75) is 32.4 Å². The van der Waals surface area contributed by atoms with Crippen molar-refractivity contribution in [2.75, 3.05) is 7.05 Å². The number of carbonyl (C=O) groups is 1. The third-order valence-electron chi connectivity index (χ3n) is 3.30. The summed E-state index contributed by atoms with van der Waals surface area (Å²) in [6, 6.07) is 6.54. The summed E-state index contributed by atoms with van der Waals surface area (Å²) in [5.41, 5.74) is 2.73. The van der Waals surface area contributed by atoms with Crippen LogP contribution in [0.2, 0.25) is 0 Å². The van der Waals surface area contributed by atoms with Crippen LogP contribution in [-0.4, -0.2) is 23.9 Å². The minimum Gasteiger partial charge on any atom is -0.296 e. The molecule has 2 atom stereocenters. The number of carbonyl (C=O) groups excluding carboxylic acids is 1. The summed E-state index contributed by atoms with van der Waals surface area (Å²) in [5.74, 6) is 4.60. The topological polar surface area (TPSA) is 58.4 Å². The lowest BCUT2D eigenvalue weighted by Crippen LogP contribution is -2.39. The lowest BCUT2D eigenvalue weighted by atomic mass is 10.0. The molecular weight excluding hydrogens is 233 g/mol. The van der Waals surface area contributed by atoms with Gasteiger partial charge in [0.25, 0.3) is 0 Å². The zero-order valence-electron chi connectivity index (χ0n) is 11.0. The molecule has 0 saturated carbocycles. The third kappa shape index (κ3) is 3.51. The van der Waals surface area contributed by atoms with Crippen molar-refractivity contribution < 1.29 is 9.18 Å². The molecule has 0 aromatic heterocycles. The Kier molecular flexibility index (Phi) is 5.25. The molecule has 5 heteroatoms. The van der Waals surface area contributed by atoms with Crippen molar-refractivity contribution in [3.63, 3.8) is 0 Å². The van der Waals surface area contributed by atoms with Gasteiger partial charge in [-0.25, -0.2) is 10.2 Å². The fourth-order valence-electron chi connectivity index (χ4n) is 1.89. The van der Waals surface area contributed by atoms with Crippen molar-refractivity contribution >= 4 is 5.91 Å². The van der Waals surface area contributed by atoms with Crippen LogP contribution >= 0.6 is 0 Å². The van der Waals surface area contributed by atoms with Crippen molar-refractivity contribution in [2.24, 2.45) is 5.84 Å². The summed E-state index contributed by atoms with van der Waals surface area (Å²) < 4.78 is 13.7. The second-order valence-electron chi connectivity index (χ2n) is 4.48. The van der Waals surface area contributed by atoms with E-state index in [1.807, 2.05) is 25.8 Å². The van der Waals surface area contributed by atoms with Crippen LogP contribution in [0.3, 0.4) is 0 Å². The summed E-state index contributed by atoms with van der Waals surface area (Å²) in [5, 5.41) is 0. The molecule has 0 aliphatic rings. The largest absolute Gasteiger partial charge is 0.296 e. The highest BCUT2D eigenvalue weighted by molar-refractivity contribution is 5.75. The van der Waals surface area contributed by atoms with Gasteiger partial charge in [0.2, 0.25) is 5.91 Å². The monoisotopic (exact) mass is 253 g/mol. The van der Waals surface area contributed by atoms with Gasteiger partial charge in [-0.3, -0.25) is 15.1 Å². The average Bonchev–Trinajstić information content (AvgIpc) is 2.37. The molecule has 0 bridgehead atoms. The molecule has 0 heterocycles. The number of hydrazine groups is 1. The van der Waals surface area contributed by atoms with E-state index in [0.29, 0.717) is 5.56 Å². The summed E-state index contributed by atoms with van der Waals surface area (Å²) in [6.45, 7) is 3.82. The van der Waals surface area contributed by atoms with E-state index < -0.39 is 0 Å². The zero-order valence-corrected chi connectivity index (χ0v) is 11.0. The number of nitrogens with two attached hydrogens (primary N) is 1. The highest BCUT2D eigenvalue weighted by Gasteiger charge is 2.21. The number of halogens is 1. The molecule has 0 fully saturated rings. The maximum absolute atomic E-state index is 13.7. The normalized spacial score (nSPS) is 14.3. The average molecular weight is 253 g/mol. The molecular formula is C13H20FN3O. The first-order valence-electron chi connectivity index (χ1n) is 5.93. The molecule has 0 radical (unpaired) electrons. The first kappa shape index (κ1) is 14.6. The van der Waals surface area contributed by atoms with E-state index in [1.165, 1.54) is 6.07 Å². The maximum atomic E-state index is 13.7. The fraction of sp³-hybridized carbons (Fsp3) is 0.462. The number of rotatable bonds is 5. The summed E-state index contributed by atoms with van der Waals surface area (Å²) in [7, 11) is 1.87. The Labute approximate surface area is 107 Å². The van der Waals surface area contributed by atoms with Crippen LogP contribution < -0.4 is 11.3 Å². The Balaban J connectivity index is 2.75. The lowest BCUT2D eigenvalue weighted by Gasteiger charge is -2.30. The quantitative estimate of drug-likeness (QED) is 0.476. The Morgan fingerprint density at radius 2 is 2.06 bits per heavy atom. The third-order valence-corrected chi connectivity index (χ3v) is 3.30. The van der Waals surface area contributed by atoms with Gasteiger partial charge in [0.1, 0.15) is 5.82 Å². The summed E-state index contributed by atoms with van der Waals surface area (Å²) >= 11 is 0. The van der Waals surface area contributed by atoms with Gasteiger partial charge in [-0.15, -0.1) is 0 Å². The number of nitrogens with one attached hydrogen (secondary N) is 1. The standard InChI is InChI=1S/C13H20FN3O/c1-9(8-13(18)16-15)17(3)10(2)11-6-4-5-7-12(11)14/h4-7,9-10H,8,15H2,1-3H3,(H,16,18). The molecule has 2 unspecified atom stereocenters. The van der Waals surface area contributed by atoms with Gasteiger partial charge in [0, 0.05) is 24.1 Å². The van der Waals surface area contributed by atoms with E-state index in [0.717, 1.165) is 0 Å². The first-order valence-corrected chi connectivity index (χ1v) is 5.93. The molecule has 0 spiro atoms. The minimum atomic E-state index is -0.229. The molecule has 1 rings (SSSR count). The number of hydrogen-bond donors (Lipinski definition) is 2. The molecule has 0 aliphatic heterocycles. The molecule has 1 aromatic rings. The molecule has 4 nitrogen and oxygen atoms in total. The Bertz CT molecular complexity index is 411. The van der Waals surface area contributed by atoms with Crippen molar-refractivity contribution in [3.05, 3.63) is 35.6 Å². The second-order valence-corrected chi connectivity index (χ2v) is 4.48. The van der Waals surface area contributed by atoms with E-state index in [4.69, 9.17) is 5.84 Å². The van der Waals surface area contributed by atoms with Crippen LogP contribution in [0.4, 0.5) is 4.39 Å². The predicted octanol–water partition coefficient (Wildman–Crippen LogP) is 1.59. The van der Waals surface area contributed by atoms with E-state index in [9.17, 15) is 9.18 Å². The summed E-state index contributed by atoms with van der Waals surface area (Å²) in [4.78, 5) is 13.2. The number of hydrogen-bond acceptors (Lipinski definition) is 3. The molecule has 1 amide bonds. The predicted molar refractivity (Wildman–Crippen MR) is 69.0 cm³/mol. The van der Waals surface area contributed by atoms with Crippen molar-refractivity contribution in [1.29, 1.82) is 0 Å². The van der Waals surface area contributed by atoms with Crippen LogP contribution in [0.15, 0.2) is 24.3 Å². The number of nitrogens with zero attached hydrogens (tertiary/aromatic N) is 1. The van der Waals surface area contributed by atoms with Gasteiger partial charge in [-0.2, -0.15) is 0 Å². The molecule has 18 heavy (non-hydrogen) atoms. The Morgan fingerprint density at radius 1 is 1.44 bits per heavy atom. The van der Waals surface area contributed by atoms with Crippen LogP contribution in [0.5, 0.6) is 0 Å².